The molecule has 0 aromatic heterocycles. The molecule has 0 aliphatic rings. The molecule has 0 radical (unpaired) electrons. The second-order valence-electron chi connectivity index (χ2n) is 4.89. The van der Waals surface area contributed by atoms with Gasteiger partial charge in [-0.3, -0.25) is 0 Å². The van der Waals surface area contributed by atoms with Crippen LogP contribution in [0.15, 0.2) is 36.4 Å². The predicted octanol–water partition coefficient (Wildman–Crippen LogP) is 4.14. The van der Waals surface area contributed by atoms with Gasteiger partial charge in [0.1, 0.15) is 0 Å². The van der Waals surface area contributed by atoms with E-state index in [2.05, 4.69) is 32.0 Å². The summed E-state index contributed by atoms with van der Waals surface area (Å²) in [5.41, 5.74) is 10.1. The Kier molecular flexibility index (Phi) is 4.50. The van der Waals surface area contributed by atoms with Gasteiger partial charge in [-0.1, -0.05) is 38.1 Å². The first-order valence-corrected chi connectivity index (χ1v) is 6.89. The van der Waals surface area contributed by atoms with Crippen LogP contribution in [0, 0.1) is 11.6 Å². The highest BCUT2D eigenvalue weighted by atomic mass is 19.2. The minimum atomic E-state index is -0.859. The Morgan fingerprint density at radius 2 is 1.70 bits per heavy atom. The Morgan fingerprint density at radius 3 is 2.30 bits per heavy atom. The van der Waals surface area contributed by atoms with E-state index in [-0.39, 0.29) is 0 Å². The second-order valence-corrected chi connectivity index (χ2v) is 4.89. The number of hydrogen-bond acceptors (Lipinski definition) is 1. The fraction of sp³-hybridized carbons (Fsp3) is 0.294. The van der Waals surface area contributed by atoms with E-state index in [1.165, 1.54) is 11.6 Å². The summed E-state index contributed by atoms with van der Waals surface area (Å²) in [5, 5.41) is 0. The molecule has 0 fully saturated rings. The molecule has 1 nitrogen and oxygen atoms in total. The lowest BCUT2D eigenvalue weighted by Gasteiger charge is -2.18. The molecule has 0 saturated heterocycles. The van der Waals surface area contributed by atoms with Gasteiger partial charge in [-0.05, 0) is 47.2 Å². The van der Waals surface area contributed by atoms with E-state index >= 15 is 0 Å². The summed E-state index contributed by atoms with van der Waals surface area (Å²) < 4.78 is 26.4. The Balaban J connectivity index is 2.45. The summed E-state index contributed by atoms with van der Waals surface area (Å²) in [6.45, 7) is 4.14. The molecule has 3 heteroatoms. The zero-order chi connectivity index (χ0) is 14.7. The molecule has 0 heterocycles. The number of aryl methyl sites for hydroxylation is 2. The van der Waals surface area contributed by atoms with E-state index in [0.717, 1.165) is 30.0 Å². The third kappa shape index (κ3) is 2.88. The average molecular weight is 275 g/mol. The van der Waals surface area contributed by atoms with E-state index in [0.29, 0.717) is 5.56 Å². The quantitative estimate of drug-likeness (QED) is 0.891. The van der Waals surface area contributed by atoms with E-state index in [4.69, 9.17) is 5.73 Å². The highest BCUT2D eigenvalue weighted by molar-refractivity contribution is 5.40. The van der Waals surface area contributed by atoms with Crippen LogP contribution in [-0.4, -0.2) is 0 Å². The molecule has 1 unspecified atom stereocenters. The van der Waals surface area contributed by atoms with Crippen molar-refractivity contribution in [3.8, 4) is 0 Å². The predicted molar refractivity (Wildman–Crippen MR) is 77.6 cm³/mol. The lowest BCUT2D eigenvalue weighted by atomic mass is 9.92. The zero-order valence-corrected chi connectivity index (χ0v) is 11.8. The van der Waals surface area contributed by atoms with Gasteiger partial charge in [0.25, 0.3) is 0 Å². The standard InChI is InChI=1S/C17H19F2N/c1-3-11-5-6-12(4-2)14(9-11)17(20)13-7-8-15(18)16(19)10-13/h5-10,17H,3-4,20H2,1-2H3. The molecule has 0 bridgehead atoms. The minimum absolute atomic E-state index is 0.438. The van der Waals surface area contributed by atoms with Crippen LogP contribution in [0.25, 0.3) is 0 Å². The molecular weight excluding hydrogens is 256 g/mol. The van der Waals surface area contributed by atoms with Crippen LogP contribution in [0.3, 0.4) is 0 Å². The summed E-state index contributed by atoms with van der Waals surface area (Å²) in [4.78, 5) is 0. The summed E-state index contributed by atoms with van der Waals surface area (Å²) in [6, 6.07) is 9.62. The van der Waals surface area contributed by atoms with Gasteiger partial charge < -0.3 is 5.73 Å². The largest absolute Gasteiger partial charge is 0.320 e. The van der Waals surface area contributed by atoms with E-state index in [1.807, 2.05) is 0 Å². The van der Waals surface area contributed by atoms with Gasteiger partial charge in [-0.25, -0.2) is 8.78 Å². The molecule has 2 N–H and O–H groups in total. The summed E-state index contributed by atoms with van der Waals surface area (Å²) in [5.74, 6) is -1.71. The van der Waals surface area contributed by atoms with Crippen molar-refractivity contribution in [3.05, 3.63) is 70.3 Å². The Hall–Kier alpha value is -1.74. The molecule has 0 amide bonds. The molecule has 0 aliphatic carbocycles. The van der Waals surface area contributed by atoms with Crippen LogP contribution in [0.4, 0.5) is 8.78 Å². The van der Waals surface area contributed by atoms with Crippen LogP contribution >= 0.6 is 0 Å². The van der Waals surface area contributed by atoms with Crippen molar-refractivity contribution in [2.45, 2.75) is 32.7 Å². The maximum absolute atomic E-state index is 13.4. The van der Waals surface area contributed by atoms with Crippen LogP contribution in [0.2, 0.25) is 0 Å². The van der Waals surface area contributed by atoms with Crippen LogP contribution in [-0.2, 0) is 12.8 Å². The molecular formula is C17H19F2N. The summed E-state index contributed by atoms with van der Waals surface area (Å²) in [6.07, 6.45) is 1.78. The van der Waals surface area contributed by atoms with Crippen molar-refractivity contribution in [1.29, 1.82) is 0 Å². The van der Waals surface area contributed by atoms with Gasteiger partial charge in [-0.2, -0.15) is 0 Å². The molecule has 2 aromatic rings. The lowest BCUT2D eigenvalue weighted by Crippen LogP contribution is -2.15. The van der Waals surface area contributed by atoms with Crippen molar-refractivity contribution in [2.75, 3.05) is 0 Å². The Morgan fingerprint density at radius 1 is 0.950 bits per heavy atom. The van der Waals surface area contributed by atoms with Gasteiger partial charge >= 0.3 is 0 Å². The SMILES string of the molecule is CCc1ccc(CC)c(C(N)c2ccc(F)c(F)c2)c1. The van der Waals surface area contributed by atoms with Gasteiger partial charge in [-0.15, -0.1) is 0 Å². The molecule has 2 rings (SSSR count). The number of hydrogen-bond donors (Lipinski definition) is 1. The highest BCUT2D eigenvalue weighted by Crippen LogP contribution is 2.26. The number of rotatable bonds is 4. The van der Waals surface area contributed by atoms with Gasteiger partial charge in [0.15, 0.2) is 11.6 Å². The smallest absolute Gasteiger partial charge is 0.159 e. The topological polar surface area (TPSA) is 26.0 Å². The Labute approximate surface area is 118 Å². The van der Waals surface area contributed by atoms with Crippen molar-refractivity contribution in [2.24, 2.45) is 5.73 Å². The normalized spacial score (nSPS) is 12.4. The Bertz CT molecular complexity index is 608. The van der Waals surface area contributed by atoms with Crippen LogP contribution in [0.1, 0.15) is 42.1 Å². The molecule has 0 saturated carbocycles. The second kappa shape index (κ2) is 6.14. The molecule has 20 heavy (non-hydrogen) atoms. The maximum Gasteiger partial charge on any atom is 0.159 e. The van der Waals surface area contributed by atoms with Gasteiger partial charge in [0, 0.05) is 0 Å². The molecule has 0 spiro atoms. The van der Waals surface area contributed by atoms with Gasteiger partial charge in [0.2, 0.25) is 0 Å². The monoisotopic (exact) mass is 275 g/mol. The fourth-order valence-electron chi connectivity index (χ4n) is 2.36. The average Bonchev–Trinajstić information content (AvgIpc) is 2.48. The first kappa shape index (κ1) is 14.7. The van der Waals surface area contributed by atoms with Crippen molar-refractivity contribution >= 4 is 0 Å². The number of nitrogens with two attached hydrogens (primary N) is 1. The van der Waals surface area contributed by atoms with Crippen molar-refractivity contribution in [1.82, 2.24) is 0 Å². The van der Waals surface area contributed by atoms with E-state index in [9.17, 15) is 8.78 Å². The summed E-state index contributed by atoms with van der Waals surface area (Å²) >= 11 is 0. The molecule has 106 valence electrons. The van der Waals surface area contributed by atoms with E-state index in [1.54, 1.807) is 6.07 Å². The van der Waals surface area contributed by atoms with Crippen molar-refractivity contribution < 1.29 is 8.78 Å². The zero-order valence-electron chi connectivity index (χ0n) is 11.8. The van der Waals surface area contributed by atoms with E-state index < -0.39 is 17.7 Å². The van der Waals surface area contributed by atoms with Gasteiger partial charge in [0.05, 0.1) is 6.04 Å². The molecule has 0 aliphatic heterocycles. The number of halogens is 2. The fourth-order valence-corrected chi connectivity index (χ4v) is 2.36. The first-order chi connectivity index (χ1) is 9.56. The van der Waals surface area contributed by atoms with Crippen molar-refractivity contribution in [3.63, 3.8) is 0 Å². The lowest BCUT2D eigenvalue weighted by molar-refractivity contribution is 0.506. The highest BCUT2D eigenvalue weighted by Gasteiger charge is 2.15. The minimum Gasteiger partial charge on any atom is -0.320 e. The molecule has 1 atom stereocenters. The third-order valence-corrected chi connectivity index (χ3v) is 3.64. The third-order valence-electron chi connectivity index (χ3n) is 3.64. The number of benzene rings is 2. The summed E-state index contributed by atoms with van der Waals surface area (Å²) in [7, 11) is 0. The maximum atomic E-state index is 13.4. The first-order valence-electron chi connectivity index (χ1n) is 6.89. The van der Waals surface area contributed by atoms with Crippen LogP contribution in [0.5, 0.6) is 0 Å². The molecule has 2 aromatic carbocycles. The van der Waals surface area contributed by atoms with Crippen LogP contribution < -0.4 is 5.73 Å².